The van der Waals surface area contributed by atoms with Crippen molar-refractivity contribution in [3.05, 3.63) is 102 Å². The first-order valence-corrected chi connectivity index (χ1v) is 8.88. The summed E-state index contributed by atoms with van der Waals surface area (Å²) >= 11 is 0. The molecule has 0 heterocycles. The maximum absolute atomic E-state index is 3.93. The van der Waals surface area contributed by atoms with Crippen molar-refractivity contribution in [3.8, 4) is 0 Å². The van der Waals surface area contributed by atoms with Gasteiger partial charge in [0.1, 0.15) is 0 Å². The Kier molecular flexibility index (Phi) is 6.77. The Morgan fingerprint density at radius 3 is 2.00 bits per heavy atom. The zero-order valence-corrected chi connectivity index (χ0v) is 15.7. The minimum absolute atomic E-state index is 0.955. The van der Waals surface area contributed by atoms with E-state index in [0.717, 1.165) is 12.8 Å². The number of fused-ring (bicyclic) bond motifs is 1. The molecule has 3 aromatic rings. The van der Waals surface area contributed by atoms with E-state index >= 15 is 0 Å². The summed E-state index contributed by atoms with van der Waals surface area (Å²) in [5, 5.41) is 2.75. The summed E-state index contributed by atoms with van der Waals surface area (Å²) < 4.78 is 0. The molecule has 128 valence electrons. The minimum atomic E-state index is 0.955. The number of allylic oxidation sites excluding steroid dienone is 1. The lowest BCUT2D eigenvalue weighted by Crippen LogP contribution is -1.95. The third-order valence-electron chi connectivity index (χ3n) is 4.11. The Morgan fingerprint density at radius 1 is 0.840 bits per heavy atom. The number of aryl methyl sites for hydroxylation is 1. The minimum Gasteiger partial charge on any atom is -0.100 e. The maximum atomic E-state index is 3.93. The first-order chi connectivity index (χ1) is 12.1. The van der Waals surface area contributed by atoms with E-state index in [0.29, 0.717) is 0 Å². The van der Waals surface area contributed by atoms with Gasteiger partial charge in [-0.1, -0.05) is 85.8 Å². The van der Waals surface area contributed by atoms with Gasteiger partial charge in [-0.15, -0.1) is 6.58 Å². The van der Waals surface area contributed by atoms with E-state index in [2.05, 4.69) is 80.7 Å². The molecular weight excluding hydrogens is 300 g/mol. The van der Waals surface area contributed by atoms with Gasteiger partial charge in [0.15, 0.2) is 0 Å². The monoisotopic (exact) mass is 328 g/mol. The first kappa shape index (κ1) is 18.7. The van der Waals surface area contributed by atoms with E-state index in [1.807, 2.05) is 19.9 Å². The number of hydrogen-bond acceptors (Lipinski definition) is 0. The van der Waals surface area contributed by atoms with Crippen molar-refractivity contribution in [2.75, 3.05) is 0 Å². The molecule has 0 saturated carbocycles. The van der Waals surface area contributed by atoms with Crippen LogP contribution in [0.25, 0.3) is 16.8 Å². The molecule has 0 aromatic heterocycles. The van der Waals surface area contributed by atoms with Crippen LogP contribution in [0, 0.1) is 0 Å². The van der Waals surface area contributed by atoms with E-state index in [-0.39, 0.29) is 0 Å². The largest absolute Gasteiger partial charge is 0.100 e. The summed E-state index contributed by atoms with van der Waals surface area (Å²) in [6.07, 6.45) is 3.97. The van der Waals surface area contributed by atoms with Crippen molar-refractivity contribution in [3.63, 3.8) is 0 Å². The lowest BCUT2D eigenvalue weighted by Gasteiger charge is -2.12. The lowest BCUT2D eigenvalue weighted by molar-refractivity contribution is 1.14. The van der Waals surface area contributed by atoms with Crippen molar-refractivity contribution < 1.29 is 0 Å². The topological polar surface area (TPSA) is 0 Å². The highest BCUT2D eigenvalue weighted by Crippen LogP contribution is 2.26. The van der Waals surface area contributed by atoms with Gasteiger partial charge in [0, 0.05) is 0 Å². The second-order valence-electron chi connectivity index (χ2n) is 6.57. The lowest BCUT2D eigenvalue weighted by atomic mass is 9.92. The third kappa shape index (κ3) is 4.93. The van der Waals surface area contributed by atoms with Crippen LogP contribution >= 0.6 is 0 Å². The molecule has 0 radical (unpaired) electrons. The average Bonchev–Trinajstić information content (AvgIpc) is 2.61. The van der Waals surface area contributed by atoms with Crippen LogP contribution < -0.4 is 0 Å². The number of benzene rings is 3. The van der Waals surface area contributed by atoms with Gasteiger partial charge in [0.25, 0.3) is 0 Å². The standard InChI is InChI=1S/C21H20.C4H8/c1-3-16-9-5-6-10-19(16)15-20-14-8-13-18-12-7-11-17(4-2)21(18)20;1-4(2)3/h3,5-14H,1,4,15H2,2H3;1H2,2-3H3. The van der Waals surface area contributed by atoms with Crippen molar-refractivity contribution in [2.45, 2.75) is 33.6 Å². The summed E-state index contributed by atoms with van der Waals surface area (Å²) in [5.41, 5.74) is 6.56. The Labute approximate surface area is 152 Å². The molecular formula is C25H28. The normalized spacial score (nSPS) is 10.0. The van der Waals surface area contributed by atoms with E-state index in [4.69, 9.17) is 0 Å². The van der Waals surface area contributed by atoms with E-state index in [9.17, 15) is 0 Å². The SMILES string of the molecule is C=C(C)C.C=Cc1ccccc1Cc1cccc2cccc(CC)c12. The Balaban J connectivity index is 0.000000511. The van der Waals surface area contributed by atoms with Gasteiger partial charge in [0.2, 0.25) is 0 Å². The summed E-state index contributed by atoms with van der Waals surface area (Å²) in [5.74, 6) is 0. The molecule has 0 amide bonds. The van der Waals surface area contributed by atoms with Crippen LogP contribution in [0.5, 0.6) is 0 Å². The van der Waals surface area contributed by atoms with Crippen molar-refractivity contribution >= 4 is 16.8 Å². The van der Waals surface area contributed by atoms with Crippen molar-refractivity contribution in [2.24, 2.45) is 0 Å². The van der Waals surface area contributed by atoms with Gasteiger partial charge in [-0.05, 0) is 59.7 Å². The van der Waals surface area contributed by atoms with Gasteiger partial charge in [0.05, 0.1) is 0 Å². The summed E-state index contributed by atoms with van der Waals surface area (Å²) in [6.45, 7) is 13.7. The van der Waals surface area contributed by atoms with Crippen LogP contribution in [0.3, 0.4) is 0 Å². The van der Waals surface area contributed by atoms with E-state index < -0.39 is 0 Å². The molecule has 0 fully saturated rings. The van der Waals surface area contributed by atoms with Crippen LogP contribution in [-0.4, -0.2) is 0 Å². The first-order valence-electron chi connectivity index (χ1n) is 8.88. The highest BCUT2D eigenvalue weighted by molar-refractivity contribution is 5.89. The summed E-state index contributed by atoms with van der Waals surface area (Å²) in [7, 11) is 0. The molecule has 0 spiro atoms. The highest BCUT2D eigenvalue weighted by atomic mass is 14.1. The fourth-order valence-electron chi connectivity index (χ4n) is 3.04. The predicted molar refractivity (Wildman–Crippen MR) is 113 cm³/mol. The molecule has 3 rings (SSSR count). The Bertz CT molecular complexity index is 859. The van der Waals surface area contributed by atoms with Crippen LogP contribution in [-0.2, 0) is 12.8 Å². The fraction of sp³-hybridized carbons (Fsp3) is 0.200. The second-order valence-corrected chi connectivity index (χ2v) is 6.57. The Morgan fingerprint density at radius 2 is 1.40 bits per heavy atom. The quantitative estimate of drug-likeness (QED) is 0.443. The van der Waals surface area contributed by atoms with Gasteiger partial charge in [-0.25, -0.2) is 0 Å². The van der Waals surface area contributed by atoms with Crippen LogP contribution in [0.4, 0.5) is 0 Å². The maximum Gasteiger partial charge on any atom is -0.00136 e. The highest BCUT2D eigenvalue weighted by Gasteiger charge is 2.07. The van der Waals surface area contributed by atoms with E-state index in [1.165, 1.54) is 38.6 Å². The van der Waals surface area contributed by atoms with Crippen molar-refractivity contribution in [1.82, 2.24) is 0 Å². The molecule has 0 unspecified atom stereocenters. The zero-order valence-electron chi connectivity index (χ0n) is 15.7. The molecule has 3 aromatic carbocycles. The second kappa shape index (κ2) is 9.03. The molecule has 25 heavy (non-hydrogen) atoms. The van der Waals surface area contributed by atoms with Crippen LogP contribution in [0.15, 0.2) is 79.4 Å². The van der Waals surface area contributed by atoms with E-state index in [1.54, 1.807) is 0 Å². The summed E-state index contributed by atoms with van der Waals surface area (Å²) in [4.78, 5) is 0. The molecule has 0 aliphatic carbocycles. The molecule has 0 N–H and O–H groups in total. The average molecular weight is 328 g/mol. The third-order valence-corrected chi connectivity index (χ3v) is 4.11. The van der Waals surface area contributed by atoms with Gasteiger partial charge in [-0.2, -0.15) is 0 Å². The molecule has 0 aliphatic heterocycles. The molecule has 0 nitrogen and oxygen atoms in total. The zero-order chi connectivity index (χ0) is 18.2. The van der Waals surface area contributed by atoms with Gasteiger partial charge < -0.3 is 0 Å². The smallest absolute Gasteiger partial charge is 0.00136 e. The molecule has 0 bridgehead atoms. The molecule has 0 heteroatoms. The predicted octanol–water partition coefficient (Wildman–Crippen LogP) is 7.22. The molecule has 0 atom stereocenters. The summed E-state index contributed by atoms with van der Waals surface area (Å²) in [6, 6.07) is 21.7. The van der Waals surface area contributed by atoms with Crippen LogP contribution in [0.2, 0.25) is 0 Å². The fourth-order valence-corrected chi connectivity index (χ4v) is 3.04. The van der Waals surface area contributed by atoms with Crippen molar-refractivity contribution in [1.29, 1.82) is 0 Å². The Hall–Kier alpha value is -2.60. The molecule has 0 saturated heterocycles. The number of rotatable bonds is 4. The molecule has 0 aliphatic rings. The van der Waals surface area contributed by atoms with Gasteiger partial charge in [-0.3, -0.25) is 0 Å². The number of hydrogen-bond donors (Lipinski definition) is 0. The van der Waals surface area contributed by atoms with Gasteiger partial charge >= 0.3 is 0 Å². The van der Waals surface area contributed by atoms with Crippen LogP contribution in [0.1, 0.15) is 43.0 Å².